The van der Waals surface area contributed by atoms with E-state index in [9.17, 15) is 14.7 Å². The number of nitrogens with zero attached hydrogens (tertiary/aromatic N) is 2. The molecule has 1 saturated heterocycles. The van der Waals surface area contributed by atoms with Crippen molar-refractivity contribution in [3.05, 3.63) is 0 Å². The molecule has 2 rings (SSSR count). The summed E-state index contributed by atoms with van der Waals surface area (Å²) in [5.74, 6) is 0.0337. The highest BCUT2D eigenvalue weighted by molar-refractivity contribution is 5.84. The van der Waals surface area contributed by atoms with E-state index >= 15 is 0 Å². The zero-order chi connectivity index (χ0) is 14.0. The first-order valence-electron chi connectivity index (χ1n) is 7.26. The highest BCUT2D eigenvalue weighted by atomic mass is 16.3. The summed E-state index contributed by atoms with van der Waals surface area (Å²) in [6.07, 6.45) is 3.14. The topological polar surface area (TPSA) is 60.9 Å². The molecule has 1 unspecified atom stereocenters. The Bertz CT molecular complexity index is 350. The second-order valence-corrected chi connectivity index (χ2v) is 5.78. The van der Waals surface area contributed by atoms with E-state index in [1.807, 2.05) is 4.90 Å². The number of hydrogen-bond donors (Lipinski definition) is 1. The highest BCUT2D eigenvalue weighted by Crippen LogP contribution is 2.45. The largest absolute Gasteiger partial charge is 0.384 e. The molecule has 0 radical (unpaired) electrons. The first-order chi connectivity index (χ1) is 9.00. The lowest BCUT2D eigenvalue weighted by molar-refractivity contribution is -0.153. The fourth-order valence-corrected chi connectivity index (χ4v) is 3.05. The number of aliphatic hydroxyl groups is 1. The molecule has 5 heteroatoms. The van der Waals surface area contributed by atoms with Crippen LogP contribution in [0, 0.1) is 5.41 Å². The van der Waals surface area contributed by atoms with Crippen molar-refractivity contribution in [3.63, 3.8) is 0 Å². The molecule has 2 fully saturated rings. The van der Waals surface area contributed by atoms with Crippen LogP contribution in [-0.2, 0) is 9.59 Å². The van der Waals surface area contributed by atoms with E-state index in [-0.39, 0.29) is 17.2 Å². The van der Waals surface area contributed by atoms with E-state index < -0.39 is 6.10 Å². The highest BCUT2D eigenvalue weighted by Gasteiger charge is 2.45. The van der Waals surface area contributed by atoms with Gasteiger partial charge in [-0.2, -0.15) is 0 Å². The number of amides is 2. The average molecular weight is 268 g/mol. The molecule has 1 saturated carbocycles. The molecule has 2 amide bonds. The molecule has 19 heavy (non-hydrogen) atoms. The minimum atomic E-state index is -0.948. The van der Waals surface area contributed by atoms with Gasteiger partial charge in [0, 0.05) is 31.6 Å². The first kappa shape index (κ1) is 14.3. The Balaban J connectivity index is 1.90. The van der Waals surface area contributed by atoms with Crippen LogP contribution in [-0.4, -0.2) is 59.0 Å². The quantitative estimate of drug-likeness (QED) is 0.816. The van der Waals surface area contributed by atoms with Crippen LogP contribution < -0.4 is 0 Å². The van der Waals surface area contributed by atoms with Crippen LogP contribution in [0.5, 0.6) is 0 Å². The maximum absolute atomic E-state index is 12.5. The molecular weight excluding hydrogens is 244 g/mol. The third-order valence-electron chi connectivity index (χ3n) is 4.68. The van der Waals surface area contributed by atoms with Crippen molar-refractivity contribution in [2.45, 2.75) is 45.6 Å². The Morgan fingerprint density at radius 2 is 1.68 bits per heavy atom. The molecule has 2 aliphatic rings. The number of carbonyl (C=O) groups excluding carboxylic acids is 2. The molecule has 1 aliphatic carbocycles. The number of aliphatic hydroxyl groups excluding tert-OH is 1. The minimum Gasteiger partial charge on any atom is -0.384 e. The molecule has 1 atom stereocenters. The third kappa shape index (κ3) is 2.61. The molecule has 1 aliphatic heterocycles. The van der Waals surface area contributed by atoms with Crippen molar-refractivity contribution in [2.75, 3.05) is 26.2 Å². The van der Waals surface area contributed by atoms with Crippen molar-refractivity contribution in [3.8, 4) is 0 Å². The summed E-state index contributed by atoms with van der Waals surface area (Å²) in [7, 11) is 0. The number of piperazine rings is 1. The Morgan fingerprint density at radius 3 is 2.05 bits per heavy atom. The van der Waals surface area contributed by atoms with Crippen molar-refractivity contribution in [1.29, 1.82) is 0 Å². The Hall–Kier alpha value is -1.10. The summed E-state index contributed by atoms with van der Waals surface area (Å²) in [6.45, 7) is 5.84. The van der Waals surface area contributed by atoms with Gasteiger partial charge in [0.1, 0.15) is 6.10 Å². The molecule has 0 bridgehead atoms. The van der Waals surface area contributed by atoms with Gasteiger partial charge in [-0.25, -0.2) is 0 Å². The van der Waals surface area contributed by atoms with Crippen LogP contribution in [0.2, 0.25) is 0 Å². The molecule has 1 heterocycles. The van der Waals surface area contributed by atoms with E-state index in [4.69, 9.17) is 0 Å². The SMILES string of the molecule is CCC1(C(=O)N2CCN(C(=O)C(C)O)CC2)CCC1. The lowest BCUT2D eigenvalue weighted by Crippen LogP contribution is -2.56. The zero-order valence-electron chi connectivity index (χ0n) is 11.9. The van der Waals surface area contributed by atoms with Gasteiger partial charge in [-0.3, -0.25) is 9.59 Å². The van der Waals surface area contributed by atoms with Crippen LogP contribution in [0.3, 0.4) is 0 Å². The van der Waals surface area contributed by atoms with Crippen molar-refractivity contribution >= 4 is 11.8 Å². The molecule has 5 nitrogen and oxygen atoms in total. The molecule has 0 aromatic rings. The van der Waals surface area contributed by atoms with Crippen LogP contribution in [0.15, 0.2) is 0 Å². The van der Waals surface area contributed by atoms with Crippen LogP contribution in [0.4, 0.5) is 0 Å². The van der Waals surface area contributed by atoms with Gasteiger partial charge in [-0.05, 0) is 26.2 Å². The number of rotatable bonds is 3. The average Bonchev–Trinajstić information content (AvgIpc) is 2.37. The molecule has 0 aromatic carbocycles. The Morgan fingerprint density at radius 1 is 1.16 bits per heavy atom. The Kier molecular flexibility index (Phi) is 4.13. The first-order valence-corrected chi connectivity index (χ1v) is 7.26. The Labute approximate surface area is 114 Å². The summed E-state index contributed by atoms with van der Waals surface area (Å²) in [5.41, 5.74) is -0.115. The number of carbonyl (C=O) groups is 2. The minimum absolute atomic E-state index is 0.115. The van der Waals surface area contributed by atoms with Gasteiger partial charge in [0.15, 0.2) is 0 Å². The predicted molar refractivity (Wildman–Crippen MR) is 71.4 cm³/mol. The molecule has 108 valence electrons. The molecular formula is C14H24N2O3. The standard InChI is InChI=1S/C14H24N2O3/c1-3-14(5-4-6-14)13(19)16-9-7-15(8-10-16)12(18)11(2)17/h11,17H,3-10H2,1-2H3. The van der Waals surface area contributed by atoms with Crippen molar-refractivity contribution < 1.29 is 14.7 Å². The maximum atomic E-state index is 12.5. The fourth-order valence-electron chi connectivity index (χ4n) is 3.05. The van der Waals surface area contributed by atoms with Crippen LogP contribution in [0.25, 0.3) is 0 Å². The summed E-state index contributed by atoms with van der Waals surface area (Å²) in [4.78, 5) is 27.7. The lowest BCUT2D eigenvalue weighted by Gasteiger charge is -2.45. The van der Waals surface area contributed by atoms with Gasteiger partial charge in [0.25, 0.3) is 5.91 Å². The maximum Gasteiger partial charge on any atom is 0.251 e. The van der Waals surface area contributed by atoms with Gasteiger partial charge < -0.3 is 14.9 Å². The van der Waals surface area contributed by atoms with Crippen LogP contribution >= 0.6 is 0 Å². The van der Waals surface area contributed by atoms with Gasteiger partial charge in [0.05, 0.1) is 0 Å². The third-order valence-corrected chi connectivity index (χ3v) is 4.68. The summed E-state index contributed by atoms with van der Waals surface area (Å²) in [5, 5.41) is 9.29. The van der Waals surface area contributed by atoms with Gasteiger partial charge in [-0.1, -0.05) is 13.3 Å². The second-order valence-electron chi connectivity index (χ2n) is 5.78. The van der Waals surface area contributed by atoms with Crippen molar-refractivity contribution in [1.82, 2.24) is 9.80 Å². The van der Waals surface area contributed by atoms with E-state index in [0.29, 0.717) is 26.2 Å². The van der Waals surface area contributed by atoms with E-state index in [0.717, 1.165) is 25.7 Å². The molecule has 0 spiro atoms. The zero-order valence-corrected chi connectivity index (χ0v) is 11.9. The molecule has 1 N–H and O–H groups in total. The monoisotopic (exact) mass is 268 g/mol. The van der Waals surface area contributed by atoms with Crippen LogP contribution in [0.1, 0.15) is 39.5 Å². The van der Waals surface area contributed by atoms with Gasteiger partial charge in [-0.15, -0.1) is 0 Å². The number of hydrogen-bond acceptors (Lipinski definition) is 3. The lowest BCUT2D eigenvalue weighted by atomic mass is 9.66. The predicted octanol–water partition coefficient (Wildman–Crippen LogP) is 0.618. The van der Waals surface area contributed by atoms with Gasteiger partial charge >= 0.3 is 0 Å². The fraction of sp³-hybridized carbons (Fsp3) is 0.857. The normalized spacial score (nSPS) is 23.7. The van der Waals surface area contributed by atoms with Gasteiger partial charge in [0.2, 0.25) is 5.91 Å². The smallest absolute Gasteiger partial charge is 0.251 e. The summed E-state index contributed by atoms with van der Waals surface area (Å²) >= 11 is 0. The van der Waals surface area contributed by atoms with E-state index in [2.05, 4.69) is 6.92 Å². The van der Waals surface area contributed by atoms with E-state index in [1.54, 1.807) is 4.90 Å². The van der Waals surface area contributed by atoms with E-state index in [1.165, 1.54) is 6.92 Å². The van der Waals surface area contributed by atoms with Crippen molar-refractivity contribution in [2.24, 2.45) is 5.41 Å². The second kappa shape index (κ2) is 5.49. The molecule has 0 aromatic heterocycles. The summed E-state index contributed by atoms with van der Waals surface area (Å²) in [6, 6.07) is 0. The summed E-state index contributed by atoms with van der Waals surface area (Å²) < 4.78 is 0.